The fourth-order valence-electron chi connectivity index (χ4n) is 2.43. The number of hydrogen-bond donors (Lipinski definition) is 3. The molecule has 0 heterocycles. The van der Waals surface area contributed by atoms with Gasteiger partial charge < -0.3 is 15.5 Å². The Morgan fingerprint density at radius 1 is 1.12 bits per heavy atom. The molecule has 0 bridgehead atoms. The normalized spacial score (nSPS) is 17.2. The Hall–Kier alpha value is -1.22. The number of benzene rings is 1. The molecule has 0 unspecified atom stereocenters. The summed E-state index contributed by atoms with van der Waals surface area (Å²) in [6, 6.07) is 3.83. The smallest absolute Gasteiger partial charge is 0.120 e. The van der Waals surface area contributed by atoms with Crippen LogP contribution in [0.4, 0.5) is 0 Å². The summed E-state index contributed by atoms with van der Waals surface area (Å²) in [6.45, 7) is 2.41. The van der Waals surface area contributed by atoms with Crippen LogP contribution in [0.1, 0.15) is 43.2 Å². The molecule has 2 rings (SSSR count). The van der Waals surface area contributed by atoms with Crippen molar-refractivity contribution in [2.45, 2.75) is 51.6 Å². The Labute approximate surface area is 102 Å². The second kappa shape index (κ2) is 5.41. The van der Waals surface area contributed by atoms with E-state index in [1.54, 1.807) is 19.1 Å². The van der Waals surface area contributed by atoms with E-state index in [0.29, 0.717) is 18.2 Å². The van der Waals surface area contributed by atoms with Gasteiger partial charge in [0, 0.05) is 18.2 Å². The fourth-order valence-corrected chi connectivity index (χ4v) is 2.43. The summed E-state index contributed by atoms with van der Waals surface area (Å²) < 4.78 is 0. The van der Waals surface area contributed by atoms with E-state index in [-0.39, 0.29) is 11.5 Å². The van der Waals surface area contributed by atoms with Crippen LogP contribution < -0.4 is 5.32 Å². The minimum atomic E-state index is 0.253. The van der Waals surface area contributed by atoms with Crippen molar-refractivity contribution in [3.05, 3.63) is 23.3 Å². The van der Waals surface area contributed by atoms with Crippen LogP contribution in [0.5, 0.6) is 11.5 Å². The first-order chi connectivity index (χ1) is 8.16. The summed E-state index contributed by atoms with van der Waals surface area (Å²) in [4.78, 5) is 0. The highest BCUT2D eigenvalue weighted by Gasteiger charge is 2.13. The Bertz CT molecular complexity index is 384. The van der Waals surface area contributed by atoms with Crippen LogP contribution in [0, 0.1) is 6.92 Å². The van der Waals surface area contributed by atoms with Gasteiger partial charge in [-0.15, -0.1) is 0 Å². The van der Waals surface area contributed by atoms with Crippen molar-refractivity contribution in [1.29, 1.82) is 0 Å². The summed E-state index contributed by atoms with van der Waals surface area (Å²) in [5.74, 6) is 0.520. The van der Waals surface area contributed by atoms with E-state index in [9.17, 15) is 10.2 Å². The van der Waals surface area contributed by atoms with Gasteiger partial charge in [0.25, 0.3) is 0 Å². The maximum Gasteiger partial charge on any atom is 0.120 e. The highest BCUT2D eigenvalue weighted by Crippen LogP contribution is 2.27. The third kappa shape index (κ3) is 3.13. The maximum atomic E-state index is 9.79. The molecule has 1 aliphatic rings. The average molecular weight is 235 g/mol. The second-order valence-electron chi connectivity index (χ2n) is 4.98. The largest absolute Gasteiger partial charge is 0.508 e. The highest BCUT2D eigenvalue weighted by molar-refractivity contribution is 5.44. The first-order valence-corrected chi connectivity index (χ1v) is 6.41. The molecule has 3 heteroatoms. The molecule has 1 aliphatic carbocycles. The SMILES string of the molecule is Cc1cc(O)c(CNC2CCCCC2)cc1O. The molecule has 94 valence electrons. The van der Waals surface area contributed by atoms with Crippen LogP contribution in [0.25, 0.3) is 0 Å². The highest BCUT2D eigenvalue weighted by atomic mass is 16.3. The standard InChI is InChI=1S/C14H21NO2/c1-10-7-14(17)11(8-13(10)16)9-15-12-5-3-2-4-6-12/h7-8,12,15-17H,2-6,9H2,1H3. The van der Waals surface area contributed by atoms with Crippen LogP contribution in [-0.4, -0.2) is 16.3 Å². The zero-order chi connectivity index (χ0) is 12.3. The van der Waals surface area contributed by atoms with Crippen molar-refractivity contribution in [3.63, 3.8) is 0 Å². The van der Waals surface area contributed by atoms with Crippen molar-refractivity contribution >= 4 is 0 Å². The molecule has 0 atom stereocenters. The lowest BCUT2D eigenvalue weighted by molar-refractivity contribution is 0.368. The fraction of sp³-hybridized carbons (Fsp3) is 0.571. The number of aromatic hydroxyl groups is 2. The third-order valence-electron chi connectivity index (χ3n) is 3.58. The van der Waals surface area contributed by atoms with E-state index in [2.05, 4.69) is 5.32 Å². The first kappa shape index (κ1) is 12.2. The molecule has 0 saturated heterocycles. The van der Waals surface area contributed by atoms with E-state index in [0.717, 1.165) is 5.56 Å². The summed E-state index contributed by atoms with van der Waals surface area (Å²) in [6.07, 6.45) is 6.37. The van der Waals surface area contributed by atoms with Crippen molar-refractivity contribution < 1.29 is 10.2 Å². The van der Waals surface area contributed by atoms with Gasteiger partial charge in [0.15, 0.2) is 0 Å². The van der Waals surface area contributed by atoms with Crippen molar-refractivity contribution in [2.24, 2.45) is 0 Å². The van der Waals surface area contributed by atoms with Crippen LogP contribution in [0.3, 0.4) is 0 Å². The Morgan fingerprint density at radius 3 is 2.53 bits per heavy atom. The summed E-state index contributed by atoms with van der Waals surface area (Å²) in [7, 11) is 0. The number of nitrogens with one attached hydrogen (secondary N) is 1. The topological polar surface area (TPSA) is 52.5 Å². The summed E-state index contributed by atoms with van der Waals surface area (Å²) in [5, 5.41) is 22.9. The summed E-state index contributed by atoms with van der Waals surface area (Å²) in [5.41, 5.74) is 1.49. The molecule has 0 aromatic heterocycles. The molecule has 1 saturated carbocycles. The molecular weight excluding hydrogens is 214 g/mol. The van der Waals surface area contributed by atoms with Gasteiger partial charge in [0.1, 0.15) is 11.5 Å². The molecule has 1 aromatic carbocycles. The molecule has 0 aliphatic heterocycles. The quantitative estimate of drug-likeness (QED) is 0.706. The van der Waals surface area contributed by atoms with Gasteiger partial charge >= 0.3 is 0 Å². The third-order valence-corrected chi connectivity index (χ3v) is 3.58. The lowest BCUT2D eigenvalue weighted by Gasteiger charge is -2.23. The van der Waals surface area contributed by atoms with Crippen LogP contribution >= 0.6 is 0 Å². The molecule has 0 spiro atoms. The van der Waals surface area contributed by atoms with Gasteiger partial charge in [0.05, 0.1) is 0 Å². The van der Waals surface area contributed by atoms with E-state index in [1.165, 1.54) is 32.1 Å². The van der Waals surface area contributed by atoms with Crippen LogP contribution in [0.15, 0.2) is 12.1 Å². The van der Waals surface area contributed by atoms with Gasteiger partial charge in [-0.1, -0.05) is 19.3 Å². The molecule has 0 amide bonds. The number of rotatable bonds is 3. The Morgan fingerprint density at radius 2 is 1.82 bits per heavy atom. The average Bonchev–Trinajstić information content (AvgIpc) is 2.33. The van der Waals surface area contributed by atoms with E-state index in [1.807, 2.05) is 0 Å². The maximum absolute atomic E-state index is 9.79. The van der Waals surface area contributed by atoms with Crippen LogP contribution in [-0.2, 0) is 6.54 Å². The monoisotopic (exact) mass is 235 g/mol. The number of phenolic OH excluding ortho intramolecular Hbond substituents is 2. The Kier molecular flexibility index (Phi) is 3.89. The second-order valence-corrected chi connectivity index (χ2v) is 4.98. The molecule has 3 nitrogen and oxygen atoms in total. The molecular formula is C14H21NO2. The number of phenols is 2. The molecule has 17 heavy (non-hydrogen) atoms. The van der Waals surface area contributed by atoms with Gasteiger partial charge in [-0.2, -0.15) is 0 Å². The Balaban J connectivity index is 1.96. The first-order valence-electron chi connectivity index (χ1n) is 6.41. The summed E-state index contributed by atoms with van der Waals surface area (Å²) >= 11 is 0. The minimum absolute atomic E-state index is 0.253. The van der Waals surface area contributed by atoms with E-state index in [4.69, 9.17) is 0 Å². The van der Waals surface area contributed by atoms with Gasteiger partial charge in [-0.25, -0.2) is 0 Å². The zero-order valence-corrected chi connectivity index (χ0v) is 10.4. The number of aryl methyl sites for hydroxylation is 1. The minimum Gasteiger partial charge on any atom is -0.508 e. The lowest BCUT2D eigenvalue weighted by atomic mass is 9.95. The zero-order valence-electron chi connectivity index (χ0n) is 10.4. The van der Waals surface area contributed by atoms with Crippen molar-refractivity contribution in [2.75, 3.05) is 0 Å². The van der Waals surface area contributed by atoms with Gasteiger partial charge in [-0.05, 0) is 37.5 Å². The van der Waals surface area contributed by atoms with Gasteiger partial charge in [0.2, 0.25) is 0 Å². The predicted molar refractivity (Wildman–Crippen MR) is 68.2 cm³/mol. The van der Waals surface area contributed by atoms with Crippen molar-refractivity contribution in [1.82, 2.24) is 5.32 Å². The predicted octanol–water partition coefficient (Wildman–Crippen LogP) is 2.83. The van der Waals surface area contributed by atoms with Crippen LogP contribution in [0.2, 0.25) is 0 Å². The number of hydrogen-bond acceptors (Lipinski definition) is 3. The van der Waals surface area contributed by atoms with Crippen molar-refractivity contribution in [3.8, 4) is 11.5 Å². The van der Waals surface area contributed by atoms with E-state index < -0.39 is 0 Å². The molecule has 3 N–H and O–H groups in total. The molecule has 1 fully saturated rings. The van der Waals surface area contributed by atoms with Gasteiger partial charge in [-0.3, -0.25) is 0 Å². The molecule has 1 aromatic rings. The van der Waals surface area contributed by atoms with E-state index >= 15 is 0 Å². The lowest BCUT2D eigenvalue weighted by Crippen LogP contribution is -2.30. The molecule has 0 radical (unpaired) electrons.